The summed E-state index contributed by atoms with van der Waals surface area (Å²) in [5.41, 5.74) is 2.89. The molecule has 2 aliphatic carbocycles. The Morgan fingerprint density at radius 2 is 1.65 bits per heavy atom. The zero-order valence-corrected chi connectivity index (χ0v) is 26.1. The topological polar surface area (TPSA) is 189 Å². The van der Waals surface area contributed by atoms with Crippen LogP contribution >= 0.6 is 0 Å². The molecule has 238 valence electrons. The van der Waals surface area contributed by atoms with Crippen molar-refractivity contribution in [2.75, 3.05) is 19.3 Å². The molecule has 0 bridgehead atoms. The first-order chi connectivity index (χ1) is 20.2. The van der Waals surface area contributed by atoms with Gasteiger partial charge in [0.2, 0.25) is 5.88 Å². The quantitative estimate of drug-likeness (QED) is 0.223. The smallest absolute Gasteiger partial charge is 0.334 e. The van der Waals surface area contributed by atoms with Crippen molar-refractivity contribution in [1.82, 2.24) is 18.9 Å². The molecule has 1 aromatic rings. The molecule has 3 atom stereocenters. The standard InChI is InChI=1S/C29H44N6O7S/c1-17-13-20(11-12-43(17,41)42)16-34-27(39)32(3)26(38)29(34,2)14-18-7-9-21(10-8-18)35-25(37)22(23(30)31)24(36)33(28(35)40)15-19-5-4-6-19/h17-21,36H,4-16H2,1-3H3,(H3,30,31)/t17-,18?,20-,21?,29-/m0/s1. The van der Waals surface area contributed by atoms with Crippen molar-refractivity contribution in [3.05, 3.63) is 26.4 Å². The van der Waals surface area contributed by atoms with E-state index in [1.165, 1.54) is 11.6 Å². The number of likely N-dealkylation sites (N-methyl/N-ethyl adjacent to an activating group) is 1. The van der Waals surface area contributed by atoms with Gasteiger partial charge in [-0.15, -0.1) is 0 Å². The van der Waals surface area contributed by atoms with Gasteiger partial charge in [-0.3, -0.25) is 29.0 Å². The van der Waals surface area contributed by atoms with Crippen LogP contribution in [0.25, 0.3) is 0 Å². The van der Waals surface area contributed by atoms with Gasteiger partial charge >= 0.3 is 11.7 Å². The first-order valence-corrected chi connectivity index (χ1v) is 17.1. The minimum Gasteiger partial charge on any atom is -0.494 e. The van der Waals surface area contributed by atoms with Crippen LogP contribution in [-0.4, -0.2) is 80.4 Å². The molecule has 2 saturated heterocycles. The van der Waals surface area contributed by atoms with Gasteiger partial charge in [0.1, 0.15) is 16.9 Å². The molecule has 13 nitrogen and oxygen atoms in total. The number of imide groups is 1. The lowest BCUT2D eigenvalue weighted by Gasteiger charge is -2.40. The molecular weight excluding hydrogens is 576 g/mol. The lowest BCUT2D eigenvalue weighted by Crippen LogP contribution is -2.51. The highest BCUT2D eigenvalue weighted by molar-refractivity contribution is 7.92. The van der Waals surface area contributed by atoms with Crippen LogP contribution in [0.15, 0.2) is 9.59 Å². The SMILES string of the molecule is C[C@H]1C[C@@H](CN2C(=O)N(C)C(=O)[C@]2(C)CC2CCC(n3c(=O)c(C(=N)N)c(O)n(CC4CCC4)c3=O)CC2)CCS1(=O)=O. The summed E-state index contributed by atoms with van der Waals surface area (Å²) in [7, 11) is -1.65. The largest absolute Gasteiger partial charge is 0.494 e. The maximum atomic E-state index is 13.5. The monoisotopic (exact) mass is 620 g/mol. The lowest BCUT2D eigenvalue weighted by molar-refractivity contribution is -0.132. The van der Waals surface area contributed by atoms with Crippen LogP contribution in [0.3, 0.4) is 0 Å². The summed E-state index contributed by atoms with van der Waals surface area (Å²) in [6, 6.07) is -0.817. The Morgan fingerprint density at radius 1 is 1.00 bits per heavy atom. The van der Waals surface area contributed by atoms with Gasteiger partial charge in [0.05, 0.1) is 11.0 Å². The van der Waals surface area contributed by atoms with E-state index >= 15 is 0 Å². The second kappa shape index (κ2) is 11.4. The number of urea groups is 1. The highest BCUT2D eigenvalue weighted by Gasteiger charge is 2.54. The molecule has 2 aliphatic heterocycles. The minimum atomic E-state index is -3.13. The summed E-state index contributed by atoms with van der Waals surface area (Å²) in [6.07, 6.45) is 6.42. The highest BCUT2D eigenvalue weighted by Crippen LogP contribution is 2.41. The van der Waals surface area contributed by atoms with E-state index in [0.29, 0.717) is 51.5 Å². The summed E-state index contributed by atoms with van der Waals surface area (Å²) in [4.78, 5) is 56.2. The van der Waals surface area contributed by atoms with Gasteiger partial charge < -0.3 is 15.7 Å². The Morgan fingerprint density at radius 3 is 2.21 bits per heavy atom. The molecule has 5 rings (SSSR count). The van der Waals surface area contributed by atoms with Gasteiger partial charge in [-0.1, -0.05) is 6.42 Å². The first kappa shape index (κ1) is 31.3. The van der Waals surface area contributed by atoms with Gasteiger partial charge in [-0.2, -0.15) is 0 Å². The summed E-state index contributed by atoms with van der Waals surface area (Å²) in [5, 5.41) is 18.1. The fourth-order valence-electron chi connectivity index (χ4n) is 7.61. The number of amidine groups is 1. The van der Waals surface area contributed by atoms with Crippen LogP contribution in [0.5, 0.6) is 5.88 Å². The molecular formula is C29H44N6O7S. The van der Waals surface area contributed by atoms with Crippen molar-refractivity contribution in [3.8, 4) is 5.88 Å². The number of nitrogens with two attached hydrogens (primary N) is 1. The van der Waals surface area contributed by atoms with E-state index < -0.39 is 49.6 Å². The Labute approximate surface area is 251 Å². The van der Waals surface area contributed by atoms with Crippen molar-refractivity contribution < 1.29 is 23.1 Å². The number of carbonyl (C=O) groups is 2. The number of rotatable bonds is 8. The molecule has 2 saturated carbocycles. The summed E-state index contributed by atoms with van der Waals surface area (Å²) in [6.45, 7) is 4.07. The summed E-state index contributed by atoms with van der Waals surface area (Å²) < 4.78 is 26.8. The molecule has 4 fully saturated rings. The lowest BCUT2D eigenvalue weighted by atomic mass is 9.77. The van der Waals surface area contributed by atoms with Gasteiger partial charge in [0.25, 0.3) is 11.5 Å². The second-order valence-corrected chi connectivity index (χ2v) is 16.0. The molecule has 43 heavy (non-hydrogen) atoms. The fraction of sp³-hybridized carbons (Fsp3) is 0.759. The normalized spacial score (nSPS) is 31.3. The zero-order valence-electron chi connectivity index (χ0n) is 25.3. The number of carbonyl (C=O) groups excluding carboxylic acids is 2. The Hall–Kier alpha value is -3.16. The third-order valence-electron chi connectivity index (χ3n) is 10.6. The summed E-state index contributed by atoms with van der Waals surface area (Å²) >= 11 is 0. The van der Waals surface area contributed by atoms with Crippen LogP contribution in [0.4, 0.5) is 4.79 Å². The Kier molecular flexibility index (Phi) is 8.29. The number of aromatic nitrogens is 2. The van der Waals surface area contributed by atoms with Crippen molar-refractivity contribution in [2.24, 2.45) is 23.5 Å². The maximum absolute atomic E-state index is 13.5. The van der Waals surface area contributed by atoms with Crippen LogP contribution in [-0.2, 0) is 21.2 Å². The number of nitrogens with zero attached hydrogens (tertiary/aromatic N) is 4. The molecule has 4 aliphatic rings. The highest BCUT2D eigenvalue weighted by atomic mass is 32.2. The zero-order chi connectivity index (χ0) is 31.4. The van der Waals surface area contributed by atoms with E-state index in [-0.39, 0.29) is 47.6 Å². The average molecular weight is 621 g/mol. The van der Waals surface area contributed by atoms with Gasteiger partial charge in [0, 0.05) is 26.2 Å². The Balaban J connectivity index is 1.33. The van der Waals surface area contributed by atoms with Crippen LogP contribution in [0.2, 0.25) is 0 Å². The van der Waals surface area contributed by atoms with E-state index in [1.807, 2.05) is 0 Å². The molecule has 14 heteroatoms. The van der Waals surface area contributed by atoms with Gasteiger partial charge in [0.15, 0.2) is 9.84 Å². The Bertz CT molecular complexity index is 1540. The molecule has 0 spiro atoms. The predicted molar refractivity (Wildman–Crippen MR) is 160 cm³/mol. The molecule has 4 N–H and O–H groups in total. The number of sulfone groups is 1. The second-order valence-electron chi connectivity index (χ2n) is 13.5. The number of hydrogen-bond donors (Lipinski definition) is 3. The molecule has 0 aromatic carbocycles. The molecule has 0 unspecified atom stereocenters. The van der Waals surface area contributed by atoms with Crippen molar-refractivity contribution in [2.45, 2.75) is 101 Å². The average Bonchev–Trinajstić information content (AvgIpc) is 3.06. The number of nitrogen functional groups attached to an aromatic ring is 1. The third-order valence-corrected chi connectivity index (χ3v) is 12.8. The predicted octanol–water partition coefficient (Wildman–Crippen LogP) is 1.79. The summed E-state index contributed by atoms with van der Waals surface area (Å²) in [5.74, 6) is -1.08. The maximum Gasteiger partial charge on any atom is 0.334 e. The van der Waals surface area contributed by atoms with Crippen LogP contribution in [0, 0.1) is 23.2 Å². The van der Waals surface area contributed by atoms with Crippen molar-refractivity contribution in [3.63, 3.8) is 0 Å². The van der Waals surface area contributed by atoms with E-state index in [9.17, 15) is 32.7 Å². The van der Waals surface area contributed by atoms with Crippen molar-refractivity contribution in [1.29, 1.82) is 5.41 Å². The van der Waals surface area contributed by atoms with E-state index in [1.54, 1.807) is 18.7 Å². The van der Waals surface area contributed by atoms with Crippen LogP contribution < -0.4 is 17.0 Å². The number of amides is 3. The van der Waals surface area contributed by atoms with E-state index in [2.05, 4.69) is 0 Å². The van der Waals surface area contributed by atoms with Crippen molar-refractivity contribution >= 4 is 27.6 Å². The van der Waals surface area contributed by atoms with E-state index in [4.69, 9.17) is 11.1 Å². The molecule has 0 radical (unpaired) electrons. The van der Waals surface area contributed by atoms with Gasteiger partial charge in [-0.05, 0) is 89.4 Å². The minimum absolute atomic E-state index is 0.0178. The van der Waals surface area contributed by atoms with E-state index in [0.717, 1.165) is 28.7 Å². The molecule has 3 amide bonds. The number of aromatic hydroxyl groups is 1. The van der Waals surface area contributed by atoms with Crippen LogP contribution in [0.1, 0.15) is 89.7 Å². The molecule has 3 heterocycles. The van der Waals surface area contributed by atoms with Gasteiger partial charge in [-0.25, -0.2) is 18.0 Å². The first-order valence-electron chi connectivity index (χ1n) is 15.4. The number of hydrogen-bond acceptors (Lipinski definition) is 8. The third kappa shape index (κ3) is 5.51. The fourth-order valence-corrected chi connectivity index (χ4v) is 9.24. The number of nitrogens with one attached hydrogen (secondary N) is 1. The molecule has 1 aromatic heterocycles.